The van der Waals surface area contributed by atoms with Crippen molar-refractivity contribution in [2.75, 3.05) is 0 Å². The molecule has 2 aromatic carbocycles. The Morgan fingerprint density at radius 1 is 1.00 bits per heavy atom. The normalized spacial score (nSPS) is 12.2. The van der Waals surface area contributed by atoms with Crippen LogP contribution in [0.1, 0.15) is 6.92 Å². The summed E-state index contributed by atoms with van der Waals surface area (Å²) in [4.78, 5) is 0. The topological polar surface area (TPSA) is 13.1 Å². The van der Waals surface area contributed by atoms with Crippen molar-refractivity contribution in [1.82, 2.24) is 0 Å². The summed E-state index contributed by atoms with van der Waals surface area (Å²) in [7, 11) is 0. The third kappa shape index (κ3) is 1.56. The predicted molar refractivity (Wildman–Crippen MR) is 76.6 cm³/mol. The van der Waals surface area contributed by atoms with Crippen LogP contribution in [0.15, 0.2) is 52.9 Å². The SMILES string of the molecule is C=c1oc2cccc(-c3ccccc3)c2/c1=C/C. The van der Waals surface area contributed by atoms with Gasteiger partial charge in [-0.2, -0.15) is 0 Å². The van der Waals surface area contributed by atoms with Crippen LogP contribution in [0.2, 0.25) is 0 Å². The number of fused-ring (bicyclic) bond motifs is 1. The van der Waals surface area contributed by atoms with E-state index in [1.165, 1.54) is 11.1 Å². The molecule has 0 saturated carbocycles. The molecule has 1 nitrogen and oxygen atoms in total. The van der Waals surface area contributed by atoms with Gasteiger partial charge in [-0.15, -0.1) is 0 Å². The minimum Gasteiger partial charge on any atom is -0.457 e. The number of rotatable bonds is 1. The molecule has 0 aliphatic heterocycles. The lowest BCUT2D eigenvalue weighted by molar-refractivity contribution is 0.577. The summed E-state index contributed by atoms with van der Waals surface area (Å²) in [5, 5.41) is 2.24. The number of benzene rings is 2. The number of hydrogen-bond acceptors (Lipinski definition) is 1. The van der Waals surface area contributed by atoms with Gasteiger partial charge in [0.25, 0.3) is 0 Å². The summed E-state index contributed by atoms with van der Waals surface area (Å²) in [5.41, 5.74) is 4.03. The molecule has 1 heteroatoms. The second kappa shape index (κ2) is 4.19. The number of hydrogen-bond donors (Lipinski definition) is 0. The minimum absolute atomic E-state index is 0.732. The van der Waals surface area contributed by atoms with E-state index in [9.17, 15) is 0 Å². The number of furan rings is 1. The first-order chi connectivity index (χ1) is 8.81. The van der Waals surface area contributed by atoms with Gasteiger partial charge in [-0.3, -0.25) is 0 Å². The monoisotopic (exact) mass is 234 g/mol. The van der Waals surface area contributed by atoms with E-state index in [0.717, 1.165) is 21.6 Å². The molecular formula is C17H14O. The Morgan fingerprint density at radius 3 is 2.50 bits per heavy atom. The van der Waals surface area contributed by atoms with Crippen molar-refractivity contribution in [3.63, 3.8) is 0 Å². The molecule has 0 unspecified atom stereocenters. The molecule has 88 valence electrons. The molecule has 0 amide bonds. The summed E-state index contributed by atoms with van der Waals surface area (Å²) >= 11 is 0. The van der Waals surface area contributed by atoms with E-state index < -0.39 is 0 Å². The zero-order valence-electron chi connectivity index (χ0n) is 10.3. The van der Waals surface area contributed by atoms with Crippen LogP contribution in [0, 0.1) is 0 Å². The third-order valence-corrected chi connectivity index (χ3v) is 3.20. The molecule has 1 heterocycles. The van der Waals surface area contributed by atoms with E-state index in [-0.39, 0.29) is 0 Å². The van der Waals surface area contributed by atoms with Gasteiger partial charge in [0.2, 0.25) is 0 Å². The highest BCUT2D eigenvalue weighted by molar-refractivity contribution is 5.94. The summed E-state index contributed by atoms with van der Waals surface area (Å²) in [6.45, 7) is 5.98. The van der Waals surface area contributed by atoms with Gasteiger partial charge >= 0.3 is 0 Å². The Balaban J connectivity index is 2.48. The molecule has 0 fully saturated rings. The van der Waals surface area contributed by atoms with Gasteiger partial charge in [-0.05, 0) is 24.1 Å². The Labute approximate surface area is 106 Å². The van der Waals surface area contributed by atoms with Crippen LogP contribution < -0.4 is 10.6 Å². The summed E-state index contributed by atoms with van der Waals surface area (Å²) in [6.07, 6.45) is 2.06. The molecule has 0 aliphatic carbocycles. The largest absolute Gasteiger partial charge is 0.457 e. The van der Waals surface area contributed by atoms with Gasteiger partial charge in [0, 0.05) is 10.6 Å². The molecule has 0 saturated heterocycles. The van der Waals surface area contributed by atoms with Gasteiger partial charge in [0.15, 0.2) is 0 Å². The maximum Gasteiger partial charge on any atom is 0.136 e. The molecule has 3 rings (SSSR count). The predicted octanol–water partition coefficient (Wildman–Crippen LogP) is 3.31. The van der Waals surface area contributed by atoms with E-state index in [0.29, 0.717) is 0 Å². The first-order valence-corrected chi connectivity index (χ1v) is 6.03. The van der Waals surface area contributed by atoms with Gasteiger partial charge < -0.3 is 4.42 Å². The molecule has 1 aromatic heterocycles. The minimum atomic E-state index is 0.732. The fourth-order valence-electron chi connectivity index (χ4n) is 2.38. The molecular weight excluding hydrogens is 220 g/mol. The van der Waals surface area contributed by atoms with Crippen LogP contribution in [0.4, 0.5) is 0 Å². The van der Waals surface area contributed by atoms with Crippen LogP contribution >= 0.6 is 0 Å². The molecule has 0 bridgehead atoms. The summed E-state index contributed by atoms with van der Waals surface area (Å²) < 4.78 is 5.71. The Kier molecular flexibility index (Phi) is 2.52. The van der Waals surface area contributed by atoms with Crippen molar-refractivity contribution >= 4 is 23.6 Å². The van der Waals surface area contributed by atoms with Gasteiger partial charge in [-0.1, -0.05) is 55.1 Å². The van der Waals surface area contributed by atoms with E-state index >= 15 is 0 Å². The first-order valence-electron chi connectivity index (χ1n) is 6.03. The second-order valence-corrected chi connectivity index (χ2v) is 4.27. The highest BCUT2D eigenvalue weighted by atomic mass is 16.3. The molecule has 0 radical (unpaired) electrons. The summed E-state index contributed by atoms with van der Waals surface area (Å²) in [6, 6.07) is 16.5. The molecule has 0 aliphatic rings. The van der Waals surface area contributed by atoms with Crippen LogP contribution in [0.5, 0.6) is 0 Å². The third-order valence-electron chi connectivity index (χ3n) is 3.20. The smallest absolute Gasteiger partial charge is 0.136 e. The van der Waals surface area contributed by atoms with E-state index in [2.05, 4.69) is 43.0 Å². The van der Waals surface area contributed by atoms with E-state index in [4.69, 9.17) is 4.42 Å². The molecule has 0 N–H and O–H groups in total. The van der Waals surface area contributed by atoms with Crippen molar-refractivity contribution in [1.29, 1.82) is 0 Å². The lowest BCUT2D eigenvalue weighted by atomic mass is 10.0. The van der Waals surface area contributed by atoms with Crippen molar-refractivity contribution in [2.24, 2.45) is 0 Å². The fourth-order valence-corrected chi connectivity index (χ4v) is 2.38. The van der Waals surface area contributed by atoms with Crippen molar-refractivity contribution in [2.45, 2.75) is 6.92 Å². The van der Waals surface area contributed by atoms with Gasteiger partial charge in [-0.25, -0.2) is 0 Å². The maximum atomic E-state index is 5.71. The lowest BCUT2D eigenvalue weighted by Gasteiger charge is -2.02. The van der Waals surface area contributed by atoms with Gasteiger partial charge in [0.05, 0.1) is 0 Å². The second-order valence-electron chi connectivity index (χ2n) is 4.27. The molecule has 0 spiro atoms. The highest BCUT2D eigenvalue weighted by Gasteiger charge is 2.08. The van der Waals surface area contributed by atoms with Crippen LogP contribution in [-0.4, -0.2) is 0 Å². The Morgan fingerprint density at radius 2 is 1.78 bits per heavy atom. The van der Waals surface area contributed by atoms with Crippen molar-refractivity contribution in [3.8, 4) is 11.1 Å². The fraction of sp³-hybridized carbons (Fsp3) is 0.0588. The van der Waals surface area contributed by atoms with E-state index in [1.54, 1.807) is 0 Å². The van der Waals surface area contributed by atoms with E-state index in [1.807, 2.05) is 25.1 Å². The maximum absolute atomic E-state index is 5.71. The molecule has 3 aromatic rings. The standard InChI is InChI=1S/C17H14O/c1-3-14-12(2)18-16-11-7-10-15(17(14)16)13-8-5-4-6-9-13/h3-11H,2H2,1H3/b14-3+. The average molecular weight is 234 g/mol. The molecule has 0 atom stereocenters. The quantitative estimate of drug-likeness (QED) is 0.629. The van der Waals surface area contributed by atoms with Crippen LogP contribution in [-0.2, 0) is 0 Å². The van der Waals surface area contributed by atoms with Crippen molar-refractivity contribution < 1.29 is 4.42 Å². The Bertz CT molecular complexity index is 795. The van der Waals surface area contributed by atoms with Crippen LogP contribution in [0.3, 0.4) is 0 Å². The first kappa shape index (κ1) is 10.8. The average Bonchev–Trinajstić information content (AvgIpc) is 2.74. The Hall–Kier alpha value is -2.28. The molecule has 18 heavy (non-hydrogen) atoms. The summed E-state index contributed by atoms with van der Waals surface area (Å²) in [5.74, 6) is 0. The lowest BCUT2D eigenvalue weighted by Crippen LogP contribution is -2.17. The zero-order valence-corrected chi connectivity index (χ0v) is 10.3. The highest BCUT2D eigenvalue weighted by Crippen LogP contribution is 2.25. The van der Waals surface area contributed by atoms with Gasteiger partial charge in [0.1, 0.15) is 11.0 Å². The van der Waals surface area contributed by atoms with Crippen molar-refractivity contribution in [3.05, 3.63) is 59.2 Å². The zero-order chi connectivity index (χ0) is 12.5. The van der Waals surface area contributed by atoms with Crippen LogP contribution in [0.25, 0.3) is 34.8 Å².